The summed E-state index contributed by atoms with van der Waals surface area (Å²) in [5.74, 6) is -0.644. The summed E-state index contributed by atoms with van der Waals surface area (Å²) >= 11 is 5.96. The number of ether oxygens (including phenoxy) is 1. The molecule has 7 heteroatoms. The maximum Gasteiger partial charge on any atom is 0.356 e. The van der Waals surface area contributed by atoms with Gasteiger partial charge in [0.25, 0.3) is 5.91 Å². The van der Waals surface area contributed by atoms with Crippen LogP contribution in [0.5, 0.6) is 0 Å². The molecule has 21 heavy (non-hydrogen) atoms. The van der Waals surface area contributed by atoms with Crippen LogP contribution in [-0.2, 0) is 4.74 Å². The lowest BCUT2D eigenvalue weighted by Gasteiger charge is -2.05. The van der Waals surface area contributed by atoms with Gasteiger partial charge >= 0.3 is 5.97 Å². The molecule has 6 nitrogen and oxygen atoms in total. The first-order valence-corrected chi connectivity index (χ1v) is 6.70. The molecule has 0 aliphatic heterocycles. The number of amides is 1. The van der Waals surface area contributed by atoms with Crippen molar-refractivity contribution in [2.75, 3.05) is 11.9 Å². The van der Waals surface area contributed by atoms with Crippen LogP contribution in [0.3, 0.4) is 0 Å². The number of H-pyrrole nitrogens is 1. The summed E-state index contributed by atoms with van der Waals surface area (Å²) in [6, 6.07) is 6.67. The van der Waals surface area contributed by atoms with Gasteiger partial charge in [0, 0.05) is 5.56 Å². The highest BCUT2D eigenvalue weighted by Gasteiger charge is 2.19. The molecule has 0 unspecified atom stereocenters. The Labute approximate surface area is 126 Å². The van der Waals surface area contributed by atoms with Crippen LogP contribution in [0.15, 0.2) is 24.3 Å². The lowest BCUT2D eigenvalue weighted by atomic mass is 10.2. The van der Waals surface area contributed by atoms with E-state index in [1.54, 1.807) is 38.1 Å². The Bertz CT molecular complexity index is 682. The molecule has 0 fully saturated rings. The highest BCUT2D eigenvalue weighted by Crippen LogP contribution is 2.20. The molecule has 0 aliphatic carbocycles. The van der Waals surface area contributed by atoms with Crippen LogP contribution in [0.4, 0.5) is 5.82 Å². The number of rotatable bonds is 4. The van der Waals surface area contributed by atoms with E-state index in [1.807, 2.05) is 0 Å². The van der Waals surface area contributed by atoms with Gasteiger partial charge in [-0.05, 0) is 26.0 Å². The van der Waals surface area contributed by atoms with Crippen LogP contribution < -0.4 is 5.32 Å². The fraction of sp³-hybridized carbons (Fsp3) is 0.214. The molecule has 1 amide bonds. The Balaban J connectivity index is 2.19. The molecule has 0 atom stereocenters. The predicted octanol–water partition coefficient (Wildman–Crippen LogP) is 2.80. The third-order valence-corrected chi connectivity index (χ3v) is 3.17. The SMILES string of the molecule is CCOC(=O)c1[nH]nc(NC(=O)c2ccccc2Cl)c1C. The molecule has 2 rings (SSSR count). The van der Waals surface area contributed by atoms with Crippen LogP contribution in [0.2, 0.25) is 5.02 Å². The molecular formula is C14H14ClN3O3. The van der Waals surface area contributed by atoms with Crippen molar-refractivity contribution in [2.45, 2.75) is 13.8 Å². The molecule has 0 spiro atoms. The first-order chi connectivity index (χ1) is 10.0. The molecule has 0 radical (unpaired) electrons. The number of carbonyl (C=O) groups is 2. The van der Waals surface area contributed by atoms with Gasteiger partial charge in [0.1, 0.15) is 5.69 Å². The predicted molar refractivity (Wildman–Crippen MR) is 78.7 cm³/mol. The molecule has 1 heterocycles. The Morgan fingerprint density at radius 2 is 2.10 bits per heavy atom. The maximum atomic E-state index is 12.1. The van der Waals surface area contributed by atoms with Crippen molar-refractivity contribution in [3.8, 4) is 0 Å². The van der Waals surface area contributed by atoms with Crippen LogP contribution in [0, 0.1) is 6.92 Å². The third kappa shape index (κ3) is 3.22. The van der Waals surface area contributed by atoms with E-state index in [0.29, 0.717) is 16.1 Å². The maximum absolute atomic E-state index is 12.1. The van der Waals surface area contributed by atoms with E-state index in [-0.39, 0.29) is 18.1 Å². The zero-order valence-electron chi connectivity index (χ0n) is 11.6. The Morgan fingerprint density at radius 3 is 2.76 bits per heavy atom. The Hall–Kier alpha value is -2.34. The van der Waals surface area contributed by atoms with Crippen molar-refractivity contribution < 1.29 is 14.3 Å². The molecule has 0 saturated heterocycles. The third-order valence-electron chi connectivity index (χ3n) is 2.84. The van der Waals surface area contributed by atoms with E-state index >= 15 is 0 Å². The number of esters is 1. The number of anilines is 1. The van der Waals surface area contributed by atoms with Gasteiger partial charge in [-0.1, -0.05) is 23.7 Å². The van der Waals surface area contributed by atoms with E-state index in [1.165, 1.54) is 0 Å². The van der Waals surface area contributed by atoms with Gasteiger partial charge in [0.15, 0.2) is 5.82 Å². The zero-order chi connectivity index (χ0) is 15.4. The number of nitrogens with one attached hydrogen (secondary N) is 2. The van der Waals surface area contributed by atoms with Crippen LogP contribution in [0.25, 0.3) is 0 Å². The zero-order valence-corrected chi connectivity index (χ0v) is 12.3. The van der Waals surface area contributed by atoms with Crippen molar-refractivity contribution in [1.82, 2.24) is 10.2 Å². The molecule has 1 aromatic heterocycles. The van der Waals surface area contributed by atoms with E-state index < -0.39 is 11.9 Å². The van der Waals surface area contributed by atoms with Gasteiger partial charge in [-0.25, -0.2) is 4.79 Å². The van der Waals surface area contributed by atoms with Gasteiger partial charge in [-0.2, -0.15) is 5.10 Å². The van der Waals surface area contributed by atoms with E-state index in [4.69, 9.17) is 16.3 Å². The minimum atomic E-state index is -0.513. The van der Waals surface area contributed by atoms with E-state index in [2.05, 4.69) is 15.5 Å². The number of halogens is 1. The number of benzene rings is 1. The molecule has 0 saturated carbocycles. The first kappa shape index (κ1) is 15.1. The van der Waals surface area contributed by atoms with Crippen molar-refractivity contribution in [3.63, 3.8) is 0 Å². The molecule has 1 aromatic carbocycles. The summed E-state index contributed by atoms with van der Waals surface area (Å²) in [5.41, 5.74) is 1.06. The summed E-state index contributed by atoms with van der Waals surface area (Å²) in [6.07, 6.45) is 0. The molecular weight excluding hydrogens is 294 g/mol. The lowest BCUT2D eigenvalue weighted by molar-refractivity contribution is 0.0518. The second-order valence-electron chi connectivity index (χ2n) is 4.23. The normalized spacial score (nSPS) is 10.2. The average Bonchev–Trinajstić information content (AvgIpc) is 2.81. The van der Waals surface area contributed by atoms with Crippen molar-refractivity contribution >= 4 is 29.3 Å². The Kier molecular flexibility index (Phi) is 4.59. The molecule has 110 valence electrons. The van der Waals surface area contributed by atoms with E-state index in [9.17, 15) is 9.59 Å². The molecule has 0 bridgehead atoms. The number of hydrogen-bond acceptors (Lipinski definition) is 4. The fourth-order valence-corrected chi connectivity index (χ4v) is 1.96. The van der Waals surface area contributed by atoms with Crippen molar-refractivity contribution in [3.05, 3.63) is 46.1 Å². The Morgan fingerprint density at radius 1 is 1.38 bits per heavy atom. The van der Waals surface area contributed by atoms with Gasteiger partial charge in [-0.15, -0.1) is 0 Å². The summed E-state index contributed by atoms with van der Waals surface area (Å²) in [7, 11) is 0. The second kappa shape index (κ2) is 6.41. The minimum Gasteiger partial charge on any atom is -0.461 e. The van der Waals surface area contributed by atoms with Gasteiger partial charge in [0.05, 0.1) is 17.2 Å². The quantitative estimate of drug-likeness (QED) is 0.851. The summed E-state index contributed by atoms with van der Waals surface area (Å²) in [6.45, 7) is 3.64. The van der Waals surface area contributed by atoms with E-state index in [0.717, 1.165) is 0 Å². The van der Waals surface area contributed by atoms with Crippen molar-refractivity contribution in [1.29, 1.82) is 0 Å². The monoisotopic (exact) mass is 307 g/mol. The molecule has 2 aromatic rings. The lowest BCUT2D eigenvalue weighted by Crippen LogP contribution is -2.13. The second-order valence-corrected chi connectivity index (χ2v) is 4.63. The molecule has 2 N–H and O–H groups in total. The number of hydrogen-bond donors (Lipinski definition) is 2. The largest absolute Gasteiger partial charge is 0.461 e. The highest BCUT2D eigenvalue weighted by molar-refractivity contribution is 6.34. The van der Waals surface area contributed by atoms with Gasteiger partial charge < -0.3 is 10.1 Å². The smallest absolute Gasteiger partial charge is 0.356 e. The summed E-state index contributed by atoms with van der Waals surface area (Å²) in [4.78, 5) is 23.8. The number of aromatic amines is 1. The van der Waals surface area contributed by atoms with Gasteiger partial charge in [-0.3, -0.25) is 9.89 Å². The summed E-state index contributed by atoms with van der Waals surface area (Å²) in [5, 5.41) is 9.42. The number of nitrogens with zero attached hydrogens (tertiary/aromatic N) is 1. The fourth-order valence-electron chi connectivity index (χ4n) is 1.74. The molecule has 0 aliphatic rings. The van der Waals surface area contributed by atoms with Crippen LogP contribution in [-0.4, -0.2) is 28.7 Å². The number of carbonyl (C=O) groups excluding carboxylic acids is 2. The highest BCUT2D eigenvalue weighted by atomic mass is 35.5. The topological polar surface area (TPSA) is 84.1 Å². The minimum absolute atomic E-state index is 0.214. The first-order valence-electron chi connectivity index (χ1n) is 6.32. The average molecular weight is 308 g/mol. The van der Waals surface area contributed by atoms with Crippen LogP contribution >= 0.6 is 11.6 Å². The van der Waals surface area contributed by atoms with Crippen LogP contribution in [0.1, 0.15) is 33.3 Å². The number of aromatic nitrogens is 2. The summed E-state index contributed by atoms with van der Waals surface area (Å²) < 4.78 is 4.89. The standard InChI is InChI=1S/C14H14ClN3O3/c1-3-21-14(20)11-8(2)12(18-17-11)16-13(19)9-6-4-5-7-10(9)15/h4-7H,3H2,1-2H3,(H2,16,17,18,19). The van der Waals surface area contributed by atoms with Gasteiger partial charge in [0.2, 0.25) is 0 Å². The van der Waals surface area contributed by atoms with Crippen molar-refractivity contribution in [2.24, 2.45) is 0 Å².